The summed E-state index contributed by atoms with van der Waals surface area (Å²) in [7, 11) is 1.25. The molecule has 0 aliphatic rings. The number of nitrogens with two attached hydrogens (primary N) is 1. The van der Waals surface area contributed by atoms with Gasteiger partial charge in [-0.05, 0) is 6.92 Å². The van der Waals surface area contributed by atoms with Crippen LogP contribution in [-0.4, -0.2) is 28.0 Å². The number of hydrogen-bond donors (Lipinski definition) is 1. The molecular weight excluding hydrogens is 148 g/mol. The van der Waals surface area contributed by atoms with E-state index < -0.39 is 6.09 Å². The number of carbonyl (C=O) groups excluding carboxylic acids is 1. The van der Waals surface area contributed by atoms with Gasteiger partial charge in [-0.2, -0.15) is 4.98 Å². The first-order valence-corrected chi connectivity index (χ1v) is 2.92. The zero-order valence-electron chi connectivity index (χ0n) is 6.24. The first kappa shape index (κ1) is 7.52. The van der Waals surface area contributed by atoms with Gasteiger partial charge in [0.25, 0.3) is 0 Å². The van der Waals surface area contributed by atoms with Gasteiger partial charge in [0.05, 0.1) is 7.11 Å². The molecule has 0 aliphatic carbocycles. The fourth-order valence-corrected chi connectivity index (χ4v) is 0.652. The van der Waals surface area contributed by atoms with Crippen LogP contribution < -0.4 is 5.73 Å². The van der Waals surface area contributed by atoms with E-state index in [0.717, 1.165) is 4.68 Å². The summed E-state index contributed by atoms with van der Waals surface area (Å²) in [6.07, 6.45) is -0.636. The van der Waals surface area contributed by atoms with Crippen LogP contribution in [0.5, 0.6) is 0 Å². The van der Waals surface area contributed by atoms with E-state index >= 15 is 0 Å². The summed E-state index contributed by atoms with van der Waals surface area (Å²) in [4.78, 5) is 14.5. The number of nitrogens with zero attached hydrogens (tertiary/aromatic N) is 3. The number of methoxy groups -OCH3 is 1. The topological polar surface area (TPSA) is 83.0 Å². The van der Waals surface area contributed by atoms with Crippen molar-refractivity contribution in [1.29, 1.82) is 0 Å². The van der Waals surface area contributed by atoms with E-state index in [4.69, 9.17) is 5.73 Å². The second kappa shape index (κ2) is 2.57. The van der Waals surface area contributed by atoms with Gasteiger partial charge in [0.1, 0.15) is 0 Å². The van der Waals surface area contributed by atoms with E-state index in [0.29, 0.717) is 5.82 Å². The molecule has 6 nitrogen and oxygen atoms in total. The molecule has 0 spiro atoms. The molecule has 1 aromatic heterocycles. The zero-order chi connectivity index (χ0) is 8.43. The Hall–Kier alpha value is -1.59. The number of anilines is 1. The molecule has 0 fully saturated rings. The highest BCUT2D eigenvalue weighted by Gasteiger charge is 2.10. The number of carbonyl (C=O) groups is 1. The second-order valence-corrected chi connectivity index (χ2v) is 1.90. The monoisotopic (exact) mass is 156 g/mol. The van der Waals surface area contributed by atoms with Crippen molar-refractivity contribution in [2.45, 2.75) is 6.92 Å². The Bertz CT molecular complexity index is 280. The van der Waals surface area contributed by atoms with E-state index in [9.17, 15) is 4.79 Å². The zero-order valence-corrected chi connectivity index (χ0v) is 6.24. The van der Waals surface area contributed by atoms with Crippen molar-refractivity contribution in [2.24, 2.45) is 0 Å². The van der Waals surface area contributed by atoms with Crippen LogP contribution in [0.3, 0.4) is 0 Å². The Labute approximate surface area is 63.0 Å². The molecule has 1 aromatic rings. The summed E-state index contributed by atoms with van der Waals surface area (Å²) in [5.41, 5.74) is 5.31. The molecule has 0 atom stereocenters. The van der Waals surface area contributed by atoms with Gasteiger partial charge in [0.2, 0.25) is 5.95 Å². The van der Waals surface area contributed by atoms with Crippen LogP contribution in [-0.2, 0) is 4.74 Å². The molecule has 0 unspecified atom stereocenters. The van der Waals surface area contributed by atoms with Crippen molar-refractivity contribution in [3.05, 3.63) is 5.82 Å². The second-order valence-electron chi connectivity index (χ2n) is 1.90. The largest absolute Gasteiger partial charge is 0.451 e. The highest BCUT2D eigenvalue weighted by molar-refractivity contribution is 5.71. The van der Waals surface area contributed by atoms with Crippen LogP contribution in [0.15, 0.2) is 0 Å². The molecule has 11 heavy (non-hydrogen) atoms. The minimum absolute atomic E-state index is 0.0364. The normalized spacial score (nSPS) is 9.64. The van der Waals surface area contributed by atoms with Crippen molar-refractivity contribution in [3.8, 4) is 0 Å². The van der Waals surface area contributed by atoms with Crippen LogP contribution >= 0.6 is 0 Å². The first-order valence-electron chi connectivity index (χ1n) is 2.92. The van der Waals surface area contributed by atoms with Crippen LogP contribution in [0, 0.1) is 6.92 Å². The van der Waals surface area contributed by atoms with Gasteiger partial charge in [-0.15, -0.1) is 9.78 Å². The van der Waals surface area contributed by atoms with Crippen molar-refractivity contribution in [2.75, 3.05) is 12.8 Å². The standard InChI is InChI=1S/C5H8N4O2/c1-3-7-4(6)9(8-3)5(10)11-2/h1-2H3,(H2,6,7,8). The molecule has 1 heterocycles. The first-order chi connectivity index (χ1) is 5.15. The van der Waals surface area contributed by atoms with Gasteiger partial charge in [0.15, 0.2) is 5.82 Å². The number of aryl methyl sites for hydroxylation is 1. The maximum atomic E-state index is 10.8. The van der Waals surface area contributed by atoms with E-state index in [1.807, 2.05) is 0 Å². The van der Waals surface area contributed by atoms with E-state index in [1.165, 1.54) is 7.11 Å². The average Bonchev–Trinajstić information content (AvgIpc) is 2.28. The highest BCUT2D eigenvalue weighted by Crippen LogP contribution is 1.98. The van der Waals surface area contributed by atoms with E-state index in [2.05, 4.69) is 14.8 Å². The van der Waals surface area contributed by atoms with Gasteiger partial charge >= 0.3 is 6.09 Å². The van der Waals surface area contributed by atoms with Crippen molar-refractivity contribution < 1.29 is 9.53 Å². The molecule has 0 bridgehead atoms. The molecule has 1 rings (SSSR count). The third-order valence-electron chi connectivity index (χ3n) is 1.09. The summed E-state index contributed by atoms with van der Waals surface area (Å²) < 4.78 is 5.27. The lowest BCUT2D eigenvalue weighted by Crippen LogP contribution is -2.15. The Balaban J connectivity index is 3.03. The summed E-state index contributed by atoms with van der Waals surface area (Å²) in [5.74, 6) is 0.474. The molecule has 0 aromatic carbocycles. The number of aromatic nitrogens is 3. The lowest BCUT2D eigenvalue weighted by molar-refractivity contribution is 0.169. The van der Waals surface area contributed by atoms with E-state index in [1.54, 1.807) is 6.92 Å². The lowest BCUT2D eigenvalue weighted by atomic mass is 10.8. The number of nitrogen functional groups attached to an aromatic ring is 1. The van der Waals surface area contributed by atoms with Crippen LogP contribution in [0.2, 0.25) is 0 Å². The Morgan fingerprint density at radius 2 is 2.36 bits per heavy atom. The fraction of sp³-hybridized carbons (Fsp3) is 0.400. The SMILES string of the molecule is COC(=O)n1nc(C)nc1N. The average molecular weight is 156 g/mol. The molecule has 0 amide bonds. The Morgan fingerprint density at radius 1 is 1.73 bits per heavy atom. The molecule has 0 saturated carbocycles. The summed E-state index contributed by atoms with van der Waals surface area (Å²) in [5, 5.41) is 3.69. The molecule has 6 heteroatoms. The maximum Gasteiger partial charge on any atom is 0.437 e. The maximum absolute atomic E-state index is 10.8. The Morgan fingerprint density at radius 3 is 2.73 bits per heavy atom. The summed E-state index contributed by atoms with van der Waals surface area (Å²) in [6, 6.07) is 0. The van der Waals surface area contributed by atoms with Crippen molar-refractivity contribution in [1.82, 2.24) is 14.8 Å². The molecular formula is C5H8N4O2. The third-order valence-corrected chi connectivity index (χ3v) is 1.09. The Kier molecular flexibility index (Phi) is 1.75. The minimum Gasteiger partial charge on any atom is -0.451 e. The quantitative estimate of drug-likeness (QED) is 0.561. The predicted octanol–water partition coefficient (Wildman–Crippen LogP) is -0.217. The summed E-state index contributed by atoms with van der Waals surface area (Å²) >= 11 is 0. The lowest BCUT2D eigenvalue weighted by Gasteiger charge is -1.96. The number of ether oxygens (including phenoxy) is 1. The summed E-state index contributed by atoms with van der Waals surface area (Å²) in [6.45, 7) is 1.63. The molecule has 60 valence electrons. The molecule has 0 radical (unpaired) electrons. The van der Waals surface area contributed by atoms with Gasteiger partial charge in [0, 0.05) is 0 Å². The predicted molar refractivity (Wildman–Crippen MR) is 37.0 cm³/mol. The third kappa shape index (κ3) is 1.28. The minimum atomic E-state index is -0.636. The molecule has 0 aliphatic heterocycles. The fourth-order valence-electron chi connectivity index (χ4n) is 0.652. The number of rotatable bonds is 0. The van der Waals surface area contributed by atoms with Gasteiger partial charge in [-0.3, -0.25) is 0 Å². The smallest absolute Gasteiger partial charge is 0.437 e. The van der Waals surface area contributed by atoms with Gasteiger partial charge in [-0.25, -0.2) is 4.79 Å². The van der Waals surface area contributed by atoms with Gasteiger partial charge < -0.3 is 10.5 Å². The van der Waals surface area contributed by atoms with Gasteiger partial charge in [-0.1, -0.05) is 0 Å². The highest BCUT2D eigenvalue weighted by atomic mass is 16.5. The molecule has 2 N–H and O–H groups in total. The van der Waals surface area contributed by atoms with Crippen LogP contribution in [0.4, 0.5) is 10.7 Å². The van der Waals surface area contributed by atoms with Crippen LogP contribution in [0.1, 0.15) is 5.82 Å². The number of hydrogen-bond acceptors (Lipinski definition) is 5. The van der Waals surface area contributed by atoms with E-state index in [-0.39, 0.29) is 5.95 Å². The van der Waals surface area contributed by atoms with Crippen molar-refractivity contribution in [3.63, 3.8) is 0 Å². The molecule has 0 saturated heterocycles. The van der Waals surface area contributed by atoms with Crippen molar-refractivity contribution >= 4 is 12.0 Å². The van der Waals surface area contributed by atoms with Crippen LogP contribution in [0.25, 0.3) is 0 Å².